The molecule has 0 aliphatic carbocycles. The van der Waals surface area contributed by atoms with E-state index in [9.17, 15) is 4.79 Å². The van der Waals surface area contributed by atoms with Gasteiger partial charge in [0.25, 0.3) is 0 Å². The molecule has 7 nitrogen and oxygen atoms in total. The van der Waals surface area contributed by atoms with Crippen LogP contribution in [-0.2, 0) is 9.47 Å². The highest BCUT2D eigenvalue weighted by molar-refractivity contribution is 5.68. The molecular formula is C18H28N4O3. The minimum atomic E-state index is -0.489. The van der Waals surface area contributed by atoms with Crippen LogP contribution in [0, 0.1) is 0 Å². The molecule has 1 aromatic heterocycles. The number of hydrogen-bond donors (Lipinski definition) is 1. The summed E-state index contributed by atoms with van der Waals surface area (Å²) < 4.78 is 11.7. The monoisotopic (exact) mass is 348 g/mol. The molecule has 7 heteroatoms. The van der Waals surface area contributed by atoms with Crippen LogP contribution in [0.15, 0.2) is 18.3 Å². The first kappa shape index (κ1) is 17.8. The zero-order valence-corrected chi connectivity index (χ0v) is 15.3. The maximum Gasteiger partial charge on any atom is 0.410 e. The summed E-state index contributed by atoms with van der Waals surface area (Å²) in [5, 5.41) is 0. The fourth-order valence-corrected chi connectivity index (χ4v) is 3.48. The molecule has 0 saturated carbocycles. The van der Waals surface area contributed by atoms with Gasteiger partial charge in [-0.15, -0.1) is 0 Å². The van der Waals surface area contributed by atoms with Gasteiger partial charge in [-0.25, -0.2) is 9.78 Å². The summed E-state index contributed by atoms with van der Waals surface area (Å²) in [6.07, 6.45) is 3.47. The van der Waals surface area contributed by atoms with E-state index in [1.165, 1.54) is 0 Å². The standard InChI is InChI=1S/C18H28N4O3/c1-17(2,3)25-16(23)22-9-10-24-18(13-22)7-4-8-21(12-18)14-5-6-15(19)20-11-14/h5-6,11H,4,7-10,12-13H2,1-3H3,(H2,19,20). The van der Waals surface area contributed by atoms with Gasteiger partial charge in [0.2, 0.25) is 0 Å². The number of amides is 1. The number of hydrogen-bond acceptors (Lipinski definition) is 6. The molecule has 2 N–H and O–H groups in total. The number of pyridine rings is 1. The fraction of sp³-hybridized carbons (Fsp3) is 0.667. The molecule has 3 heterocycles. The van der Waals surface area contributed by atoms with Crippen LogP contribution < -0.4 is 10.6 Å². The predicted octanol–water partition coefficient (Wildman–Crippen LogP) is 2.27. The third kappa shape index (κ3) is 4.34. The molecule has 1 aromatic rings. The molecular weight excluding hydrogens is 320 g/mol. The molecule has 25 heavy (non-hydrogen) atoms. The number of anilines is 2. The van der Waals surface area contributed by atoms with Crippen LogP contribution in [0.1, 0.15) is 33.6 Å². The molecule has 0 bridgehead atoms. The number of rotatable bonds is 1. The Morgan fingerprint density at radius 1 is 1.32 bits per heavy atom. The number of piperidine rings is 1. The minimum Gasteiger partial charge on any atom is -0.444 e. The van der Waals surface area contributed by atoms with Gasteiger partial charge in [0.15, 0.2) is 0 Å². The quantitative estimate of drug-likeness (QED) is 0.838. The second-order valence-corrected chi connectivity index (χ2v) is 7.90. The number of nitrogens with two attached hydrogens (primary N) is 1. The topological polar surface area (TPSA) is 80.9 Å². The Kier molecular flexibility index (Phi) is 4.77. The van der Waals surface area contributed by atoms with Crippen LogP contribution in [0.2, 0.25) is 0 Å². The van der Waals surface area contributed by atoms with E-state index in [0.29, 0.717) is 25.5 Å². The number of carbonyl (C=O) groups is 1. The number of aromatic nitrogens is 1. The van der Waals surface area contributed by atoms with Crippen LogP contribution in [-0.4, -0.2) is 60.0 Å². The van der Waals surface area contributed by atoms with Gasteiger partial charge in [0.05, 0.1) is 25.0 Å². The van der Waals surface area contributed by atoms with Gasteiger partial charge in [-0.05, 0) is 45.7 Å². The maximum absolute atomic E-state index is 12.4. The van der Waals surface area contributed by atoms with Crippen LogP contribution in [0.25, 0.3) is 0 Å². The lowest BCUT2D eigenvalue weighted by Crippen LogP contribution is -2.61. The highest BCUT2D eigenvalue weighted by atomic mass is 16.6. The molecule has 138 valence electrons. The van der Waals surface area contributed by atoms with E-state index in [1.807, 2.05) is 32.9 Å². The molecule has 2 fully saturated rings. The first-order valence-electron chi connectivity index (χ1n) is 8.85. The molecule has 0 radical (unpaired) electrons. The summed E-state index contributed by atoms with van der Waals surface area (Å²) >= 11 is 0. The van der Waals surface area contributed by atoms with Crippen LogP contribution in [0.5, 0.6) is 0 Å². The molecule has 0 aromatic carbocycles. The SMILES string of the molecule is CC(C)(C)OC(=O)N1CCOC2(CCCN(c3ccc(N)nc3)C2)C1. The normalized spacial score (nSPS) is 24.4. The van der Waals surface area contributed by atoms with Crippen molar-refractivity contribution in [1.82, 2.24) is 9.88 Å². The Hall–Kier alpha value is -2.02. The highest BCUT2D eigenvalue weighted by Gasteiger charge is 2.42. The largest absolute Gasteiger partial charge is 0.444 e. The van der Waals surface area contributed by atoms with E-state index in [0.717, 1.165) is 31.6 Å². The van der Waals surface area contributed by atoms with E-state index in [-0.39, 0.29) is 11.7 Å². The number of nitrogen functional groups attached to an aromatic ring is 1. The van der Waals surface area contributed by atoms with Crippen molar-refractivity contribution in [3.8, 4) is 0 Å². The van der Waals surface area contributed by atoms with Crippen molar-refractivity contribution >= 4 is 17.6 Å². The Labute approximate surface area is 149 Å². The first-order valence-corrected chi connectivity index (χ1v) is 8.85. The number of ether oxygens (including phenoxy) is 2. The van der Waals surface area contributed by atoms with Crippen molar-refractivity contribution in [1.29, 1.82) is 0 Å². The smallest absolute Gasteiger partial charge is 0.410 e. The first-order chi connectivity index (χ1) is 11.8. The van der Waals surface area contributed by atoms with Crippen molar-refractivity contribution < 1.29 is 14.3 Å². The Balaban J connectivity index is 1.70. The van der Waals surface area contributed by atoms with Gasteiger partial charge in [0, 0.05) is 19.6 Å². The summed E-state index contributed by atoms with van der Waals surface area (Å²) in [4.78, 5) is 20.7. The van der Waals surface area contributed by atoms with E-state index in [1.54, 1.807) is 11.1 Å². The lowest BCUT2D eigenvalue weighted by molar-refractivity contribution is -0.113. The summed E-state index contributed by atoms with van der Waals surface area (Å²) in [6.45, 7) is 9.00. The Bertz CT molecular complexity index is 610. The molecule has 2 aliphatic rings. The Morgan fingerprint density at radius 3 is 2.80 bits per heavy atom. The van der Waals surface area contributed by atoms with Gasteiger partial charge >= 0.3 is 6.09 Å². The third-order valence-electron chi connectivity index (χ3n) is 4.58. The third-order valence-corrected chi connectivity index (χ3v) is 4.58. The number of carbonyl (C=O) groups excluding carboxylic acids is 1. The van der Waals surface area contributed by atoms with Crippen LogP contribution in [0.4, 0.5) is 16.3 Å². The zero-order chi connectivity index (χ0) is 18.1. The van der Waals surface area contributed by atoms with E-state index < -0.39 is 5.60 Å². The number of nitrogens with zero attached hydrogens (tertiary/aromatic N) is 3. The molecule has 1 amide bonds. The van der Waals surface area contributed by atoms with E-state index in [2.05, 4.69) is 9.88 Å². The van der Waals surface area contributed by atoms with Crippen molar-refractivity contribution in [2.24, 2.45) is 0 Å². The van der Waals surface area contributed by atoms with Gasteiger partial charge in [-0.2, -0.15) is 0 Å². The second-order valence-electron chi connectivity index (χ2n) is 7.90. The average Bonchev–Trinajstić information content (AvgIpc) is 2.54. The average molecular weight is 348 g/mol. The molecule has 3 rings (SSSR count). The zero-order valence-electron chi connectivity index (χ0n) is 15.3. The molecule has 1 unspecified atom stereocenters. The number of morpholine rings is 1. The van der Waals surface area contributed by atoms with Crippen molar-refractivity contribution in [3.05, 3.63) is 18.3 Å². The second kappa shape index (κ2) is 6.71. The molecule has 1 spiro atoms. The summed E-state index contributed by atoms with van der Waals surface area (Å²) in [7, 11) is 0. The van der Waals surface area contributed by atoms with Crippen LogP contribution in [0.3, 0.4) is 0 Å². The summed E-state index contributed by atoms with van der Waals surface area (Å²) in [5.74, 6) is 0.514. The lowest BCUT2D eigenvalue weighted by atomic mass is 9.90. The maximum atomic E-state index is 12.4. The lowest BCUT2D eigenvalue weighted by Gasteiger charge is -2.48. The van der Waals surface area contributed by atoms with Gasteiger partial charge in [-0.3, -0.25) is 0 Å². The highest BCUT2D eigenvalue weighted by Crippen LogP contribution is 2.32. The minimum absolute atomic E-state index is 0.263. The van der Waals surface area contributed by atoms with Crippen molar-refractivity contribution in [2.75, 3.05) is 43.4 Å². The van der Waals surface area contributed by atoms with Crippen LogP contribution >= 0.6 is 0 Å². The molecule has 2 saturated heterocycles. The Morgan fingerprint density at radius 2 is 2.12 bits per heavy atom. The van der Waals surface area contributed by atoms with Crippen molar-refractivity contribution in [2.45, 2.75) is 44.8 Å². The van der Waals surface area contributed by atoms with Gasteiger partial charge < -0.3 is 25.0 Å². The van der Waals surface area contributed by atoms with Gasteiger partial charge in [0.1, 0.15) is 17.0 Å². The summed E-state index contributed by atoms with van der Waals surface area (Å²) in [5.41, 5.74) is 5.87. The van der Waals surface area contributed by atoms with E-state index >= 15 is 0 Å². The van der Waals surface area contributed by atoms with Gasteiger partial charge in [-0.1, -0.05) is 0 Å². The van der Waals surface area contributed by atoms with Crippen molar-refractivity contribution in [3.63, 3.8) is 0 Å². The molecule has 2 aliphatic heterocycles. The molecule has 1 atom stereocenters. The van der Waals surface area contributed by atoms with E-state index in [4.69, 9.17) is 15.2 Å². The summed E-state index contributed by atoms with van der Waals surface area (Å²) in [6, 6.07) is 3.79. The predicted molar refractivity (Wildman–Crippen MR) is 96.6 cm³/mol. The fourth-order valence-electron chi connectivity index (χ4n) is 3.48.